The average molecular weight is 204 g/mol. The van der Waals surface area contributed by atoms with Crippen LogP contribution in [0.1, 0.15) is 31.7 Å². The Balaban J connectivity index is 1.87. The molecule has 0 unspecified atom stereocenters. The topological polar surface area (TPSA) is 38.0 Å². The monoisotopic (exact) mass is 204 g/mol. The van der Waals surface area contributed by atoms with Crippen LogP contribution in [0.3, 0.4) is 0 Å². The number of nitrogens with one attached hydrogen (secondary N) is 1. The molecule has 2 nitrogen and oxygen atoms in total. The molecule has 0 radical (unpaired) electrons. The van der Waals surface area contributed by atoms with E-state index < -0.39 is 0 Å². The number of hydrogen-bond donors (Lipinski definition) is 2. The van der Waals surface area contributed by atoms with Gasteiger partial charge in [-0.15, -0.1) is 0 Å². The van der Waals surface area contributed by atoms with E-state index in [0.717, 1.165) is 12.8 Å². The molecule has 2 rings (SSSR count). The zero-order chi connectivity index (χ0) is 10.7. The van der Waals surface area contributed by atoms with E-state index in [4.69, 9.17) is 5.73 Å². The van der Waals surface area contributed by atoms with Gasteiger partial charge in [0.25, 0.3) is 0 Å². The lowest BCUT2D eigenvalue weighted by Gasteiger charge is -2.33. The highest BCUT2D eigenvalue weighted by Gasteiger charge is 2.25. The van der Waals surface area contributed by atoms with Crippen molar-refractivity contribution in [1.82, 2.24) is 0 Å². The first-order valence-electron chi connectivity index (χ1n) is 5.89. The molecule has 1 aromatic rings. The van der Waals surface area contributed by atoms with E-state index in [2.05, 4.69) is 36.5 Å². The van der Waals surface area contributed by atoms with Gasteiger partial charge in [-0.2, -0.15) is 0 Å². The largest absolute Gasteiger partial charge is 0.382 e. The number of anilines is 1. The summed E-state index contributed by atoms with van der Waals surface area (Å²) in [6.07, 6.45) is 4.60. The fraction of sp³-hybridized carbons (Fsp3) is 0.538. The lowest BCUT2D eigenvalue weighted by molar-refractivity contribution is 0.373. The molecule has 2 heteroatoms. The van der Waals surface area contributed by atoms with E-state index in [1.165, 1.54) is 24.1 Å². The van der Waals surface area contributed by atoms with E-state index in [1.807, 2.05) is 0 Å². The van der Waals surface area contributed by atoms with Crippen molar-refractivity contribution in [1.29, 1.82) is 0 Å². The Kier molecular flexibility index (Phi) is 3.27. The Morgan fingerprint density at radius 3 is 2.47 bits per heavy atom. The summed E-state index contributed by atoms with van der Waals surface area (Å²) in [5.41, 5.74) is 8.40. The van der Waals surface area contributed by atoms with Gasteiger partial charge in [0, 0.05) is 17.8 Å². The summed E-state index contributed by atoms with van der Waals surface area (Å²) in [5, 5.41) is 3.50. The number of aryl methyl sites for hydroxylation is 1. The standard InChI is InChI=1S/C13H20N2/c1-2-3-10-4-6-12(7-5-10)15-13-8-11(14)9-13/h4-7,11,13,15H,2-3,8-9,14H2,1H3. The van der Waals surface area contributed by atoms with Gasteiger partial charge < -0.3 is 11.1 Å². The number of nitrogens with two attached hydrogens (primary N) is 1. The third-order valence-electron chi connectivity index (χ3n) is 3.04. The zero-order valence-electron chi connectivity index (χ0n) is 9.37. The van der Waals surface area contributed by atoms with Crippen LogP contribution in [-0.2, 0) is 6.42 Å². The van der Waals surface area contributed by atoms with Crippen molar-refractivity contribution in [2.75, 3.05) is 5.32 Å². The summed E-state index contributed by atoms with van der Waals surface area (Å²) in [4.78, 5) is 0. The SMILES string of the molecule is CCCc1ccc(NC2CC(N)C2)cc1. The van der Waals surface area contributed by atoms with Gasteiger partial charge in [-0.25, -0.2) is 0 Å². The Labute approximate surface area is 91.9 Å². The molecule has 1 aliphatic rings. The van der Waals surface area contributed by atoms with Crippen LogP contribution in [0.5, 0.6) is 0 Å². The van der Waals surface area contributed by atoms with E-state index in [0.29, 0.717) is 12.1 Å². The van der Waals surface area contributed by atoms with E-state index in [-0.39, 0.29) is 0 Å². The van der Waals surface area contributed by atoms with Crippen molar-refractivity contribution in [3.05, 3.63) is 29.8 Å². The molecule has 0 heterocycles. The van der Waals surface area contributed by atoms with Crippen LogP contribution in [0.15, 0.2) is 24.3 Å². The second-order valence-corrected chi connectivity index (χ2v) is 4.52. The molecule has 1 aliphatic carbocycles. The summed E-state index contributed by atoms with van der Waals surface area (Å²) in [7, 11) is 0. The van der Waals surface area contributed by atoms with Gasteiger partial charge in [-0.1, -0.05) is 25.5 Å². The molecule has 15 heavy (non-hydrogen) atoms. The van der Waals surface area contributed by atoms with Crippen LogP contribution < -0.4 is 11.1 Å². The maximum atomic E-state index is 5.75. The third kappa shape index (κ3) is 2.72. The van der Waals surface area contributed by atoms with Crippen molar-refractivity contribution in [3.63, 3.8) is 0 Å². The summed E-state index contributed by atoms with van der Waals surface area (Å²) < 4.78 is 0. The molecule has 0 bridgehead atoms. The molecular weight excluding hydrogens is 184 g/mol. The van der Waals surface area contributed by atoms with Gasteiger partial charge in [-0.3, -0.25) is 0 Å². The summed E-state index contributed by atoms with van der Waals surface area (Å²) >= 11 is 0. The zero-order valence-corrected chi connectivity index (χ0v) is 9.37. The second-order valence-electron chi connectivity index (χ2n) is 4.52. The Bertz CT molecular complexity index is 299. The van der Waals surface area contributed by atoms with Gasteiger partial charge in [0.2, 0.25) is 0 Å². The quantitative estimate of drug-likeness (QED) is 0.791. The smallest absolute Gasteiger partial charge is 0.0342 e. The lowest BCUT2D eigenvalue weighted by atomic mass is 9.87. The highest BCUT2D eigenvalue weighted by atomic mass is 15.0. The van der Waals surface area contributed by atoms with Gasteiger partial charge >= 0.3 is 0 Å². The van der Waals surface area contributed by atoms with Crippen molar-refractivity contribution in [3.8, 4) is 0 Å². The van der Waals surface area contributed by atoms with Crippen LogP contribution in [-0.4, -0.2) is 12.1 Å². The van der Waals surface area contributed by atoms with Crippen LogP contribution in [0.4, 0.5) is 5.69 Å². The van der Waals surface area contributed by atoms with Crippen LogP contribution in [0.25, 0.3) is 0 Å². The van der Waals surface area contributed by atoms with Gasteiger partial charge in [0.15, 0.2) is 0 Å². The molecule has 0 spiro atoms. The van der Waals surface area contributed by atoms with E-state index in [1.54, 1.807) is 0 Å². The molecular formula is C13H20N2. The van der Waals surface area contributed by atoms with Crippen LogP contribution in [0, 0.1) is 0 Å². The Morgan fingerprint density at radius 2 is 1.93 bits per heavy atom. The predicted octanol–water partition coefficient (Wildman–Crippen LogP) is 2.54. The molecule has 0 atom stereocenters. The van der Waals surface area contributed by atoms with Crippen molar-refractivity contribution >= 4 is 5.69 Å². The minimum Gasteiger partial charge on any atom is -0.382 e. The molecule has 1 aromatic carbocycles. The molecule has 3 N–H and O–H groups in total. The van der Waals surface area contributed by atoms with Gasteiger partial charge in [0.1, 0.15) is 0 Å². The second kappa shape index (κ2) is 4.67. The fourth-order valence-corrected chi connectivity index (χ4v) is 2.07. The molecule has 82 valence electrons. The Hall–Kier alpha value is -1.02. The lowest BCUT2D eigenvalue weighted by Crippen LogP contribution is -2.44. The molecule has 0 aromatic heterocycles. The van der Waals surface area contributed by atoms with Gasteiger partial charge in [0.05, 0.1) is 0 Å². The number of hydrogen-bond acceptors (Lipinski definition) is 2. The van der Waals surface area contributed by atoms with Crippen molar-refractivity contribution < 1.29 is 0 Å². The molecule has 0 aliphatic heterocycles. The third-order valence-corrected chi connectivity index (χ3v) is 3.04. The molecule has 1 saturated carbocycles. The summed E-state index contributed by atoms with van der Waals surface area (Å²) in [5.74, 6) is 0. The first-order chi connectivity index (χ1) is 7.28. The normalized spacial score (nSPS) is 24.7. The molecule has 0 saturated heterocycles. The first-order valence-corrected chi connectivity index (χ1v) is 5.89. The minimum absolute atomic E-state index is 0.418. The summed E-state index contributed by atoms with van der Waals surface area (Å²) in [6.45, 7) is 2.21. The highest BCUT2D eigenvalue weighted by molar-refractivity contribution is 5.46. The van der Waals surface area contributed by atoms with E-state index >= 15 is 0 Å². The summed E-state index contributed by atoms with van der Waals surface area (Å²) in [6, 6.07) is 9.79. The number of rotatable bonds is 4. The number of benzene rings is 1. The predicted molar refractivity (Wildman–Crippen MR) is 65.1 cm³/mol. The van der Waals surface area contributed by atoms with Crippen molar-refractivity contribution in [2.45, 2.75) is 44.7 Å². The Morgan fingerprint density at radius 1 is 1.27 bits per heavy atom. The maximum Gasteiger partial charge on any atom is 0.0342 e. The fourth-order valence-electron chi connectivity index (χ4n) is 2.07. The van der Waals surface area contributed by atoms with Gasteiger partial charge in [-0.05, 0) is 37.0 Å². The van der Waals surface area contributed by atoms with Crippen molar-refractivity contribution in [2.24, 2.45) is 5.73 Å². The highest BCUT2D eigenvalue weighted by Crippen LogP contribution is 2.22. The molecule has 1 fully saturated rings. The van der Waals surface area contributed by atoms with Crippen LogP contribution in [0.2, 0.25) is 0 Å². The first kappa shape index (κ1) is 10.5. The molecule has 0 amide bonds. The average Bonchev–Trinajstić information content (AvgIpc) is 2.19. The van der Waals surface area contributed by atoms with E-state index in [9.17, 15) is 0 Å². The van der Waals surface area contributed by atoms with Crippen LogP contribution >= 0.6 is 0 Å². The minimum atomic E-state index is 0.418. The maximum absolute atomic E-state index is 5.75.